The maximum Gasteiger partial charge on any atom is 0.264 e. The molecule has 12 heteroatoms. The molecule has 0 radical (unpaired) electrons. The molecule has 0 spiro atoms. The first kappa shape index (κ1) is 37.1. The van der Waals surface area contributed by atoms with Gasteiger partial charge in [0, 0.05) is 29.6 Å². The van der Waals surface area contributed by atoms with Crippen molar-refractivity contribution in [1.82, 2.24) is 10.2 Å². The number of methoxy groups -OCH3 is 1. The van der Waals surface area contributed by atoms with Gasteiger partial charge in [-0.3, -0.25) is 13.9 Å². The van der Waals surface area contributed by atoms with Crippen LogP contribution in [0, 0.1) is 6.92 Å². The summed E-state index contributed by atoms with van der Waals surface area (Å²) in [6, 6.07) is 24.0. The lowest BCUT2D eigenvalue weighted by Crippen LogP contribution is -2.53. The topological polar surface area (TPSA) is 96.0 Å². The molecule has 0 saturated carbocycles. The molecule has 48 heavy (non-hydrogen) atoms. The lowest BCUT2D eigenvalue weighted by atomic mass is 10.0. The van der Waals surface area contributed by atoms with E-state index in [1.54, 1.807) is 30.3 Å². The minimum Gasteiger partial charge on any atom is -0.495 e. The summed E-state index contributed by atoms with van der Waals surface area (Å²) < 4.78 is 34.8. The summed E-state index contributed by atoms with van der Waals surface area (Å²) >= 11 is 19.2. The molecule has 0 aliphatic heterocycles. The van der Waals surface area contributed by atoms with E-state index in [0.717, 1.165) is 28.3 Å². The summed E-state index contributed by atoms with van der Waals surface area (Å²) in [6.45, 7) is 3.55. The van der Waals surface area contributed by atoms with Crippen molar-refractivity contribution in [2.45, 2.75) is 50.6 Å². The van der Waals surface area contributed by atoms with Gasteiger partial charge in [0.1, 0.15) is 18.3 Å². The number of amides is 2. The van der Waals surface area contributed by atoms with Crippen molar-refractivity contribution in [2.75, 3.05) is 24.5 Å². The SMILES string of the molecule is CCCCNC(=O)[C@H](Cc1ccccc1)N(Cc1ccc(Cl)cc1Cl)C(=O)CN(c1ccc(OC)c(Cl)c1)S(=O)(=O)c1ccc(C)cc1. The first-order valence-corrected chi connectivity index (χ1v) is 18.0. The Morgan fingerprint density at radius 3 is 2.23 bits per heavy atom. The van der Waals surface area contributed by atoms with Gasteiger partial charge in [0.2, 0.25) is 11.8 Å². The zero-order valence-corrected chi connectivity index (χ0v) is 30.0. The molecule has 1 atom stereocenters. The number of hydrogen-bond acceptors (Lipinski definition) is 5. The molecule has 1 N–H and O–H groups in total. The molecule has 0 bridgehead atoms. The lowest BCUT2D eigenvalue weighted by molar-refractivity contribution is -0.140. The molecule has 0 aliphatic carbocycles. The second-order valence-corrected chi connectivity index (χ2v) is 14.4. The molecule has 8 nitrogen and oxygen atoms in total. The van der Waals surface area contributed by atoms with Crippen LogP contribution in [0.15, 0.2) is 95.9 Å². The van der Waals surface area contributed by atoms with Crippen molar-refractivity contribution in [2.24, 2.45) is 0 Å². The summed E-state index contributed by atoms with van der Waals surface area (Å²) in [6.07, 6.45) is 1.79. The van der Waals surface area contributed by atoms with E-state index in [1.807, 2.05) is 44.2 Å². The maximum atomic E-state index is 14.6. The number of carbonyl (C=O) groups is 2. The van der Waals surface area contributed by atoms with Crippen molar-refractivity contribution in [3.05, 3.63) is 123 Å². The van der Waals surface area contributed by atoms with E-state index in [2.05, 4.69) is 5.32 Å². The summed E-state index contributed by atoms with van der Waals surface area (Å²) in [5, 5.41) is 3.84. The third kappa shape index (κ3) is 9.44. The minimum absolute atomic E-state index is 0.0155. The highest BCUT2D eigenvalue weighted by Crippen LogP contribution is 2.33. The Hall–Kier alpha value is -3.76. The monoisotopic (exact) mass is 729 g/mol. The molecule has 2 amide bonds. The van der Waals surface area contributed by atoms with Crippen LogP contribution < -0.4 is 14.4 Å². The van der Waals surface area contributed by atoms with Crippen LogP contribution >= 0.6 is 34.8 Å². The molecule has 0 heterocycles. The van der Waals surface area contributed by atoms with Crippen LogP contribution in [0.4, 0.5) is 5.69 Å². The fourth-order valence-corrected chi connectivity index (χ4v) is 7.20. The smallest absolute Gasteiger partial charge is 0.264 e. The van der Waals surface area contributed by atoms with Crippen molar-refractivity contribution in [3.63, 3.8) is 0 Å². The van der Waals surface area contributed by atoms with Gasteiger partial charge in [0.25, 0.3) is 10.0 Å². The molecule has 4 aromatic carbocycles. The van der Waals surface area contributed by atoms with Crippen LogP contribution in [0.3, 0.4) is 0 Å². The van der Waals surface area contributed by atoms with Gasteiger partial charge in [-0.15, -0.1) is 0 Å². The fraction of sp³-hybridized carbons (Fsp3) is 0.278. The minimum atomic E-state index is -4.30. The number of halogens is 3. The van der Waals surface area contributed by atoms with Gasteiger partial charge < -0.3 is 15.0 Å². The van der Waals surface area contributed by atoms with Crippen molar-refractivity contribution in [3.8, 4) is 5.75 Å². The number of unbranched alkanes of at least 4 members (excludes halogenated alkanes) is 1. The van der Waals surface area contributed by atoms with E-state index < -0.39 is 28.5 Å². The van der Waals surface area contributed by atoms with Crippen LogP contribution in [0.1, 0.15) is 36.5 Å². The standard InChI is InChI=1S/C36H38Cl3N3O5S/c1-4-5-19-40-36(44)33(20-26-9-7-6-8-10-26)41(23-27-13-14-28(37)21-31(27)38)35(43)24-42(29-15-18-34(47-3)32(39)22-29)48(45,46)30-16-11-25(2)12-17-30/h6-18,21-22,33H,4-5,19-20,23-24H2,1-3H3,(H,40,44)/t33-/m0/s1. The number of rotatable bonds is 15. The quantitative estimate of drug-likeness (QED) is 0.127. The zero-order chi connectivity index (χ0) is 34.8. The first-order chi connectivity index (χ1) is 22.9. The maximum absolute atomic E-state index is 14.6. The summed E-state index contributed by atoms with van der Waals surface area (Å²) in [5.41, 5.74) is 2.37. The average Bonchev–Trinajstić information content (AvgIpc) is 3.06. The highest BCUT2D eigenvalue weighted by molar-refractivity contribution is 7.92. The molecule has 4 rings (SSSR count). The van der Waals surface area contributed by atoms with Gasteiger partial charge in [0.05, 0.1) is 22.7 Å². The molecule has 4 aromatic rings. The molecule has 0 aliphatic rings. The predicted molar refractivity (Wildman–Crippen MR) is 193 cm³/mol. The summed E-state index contributed by atoms with van der Waals surface area (Å²) in [5.74, 6) is -0.661. The number of nitrogens with zero attached hydrogens (tertiary/aromatic N) is 2. The Morgan fingerprint density at radius 2 is 1.60 bits per heavy atom. The zero-order valence-electron chi connectivity index (χ0n) is 27.0. The van der Waals surface area contributed by atoms with Crippen molar-refractivity contribution < 1.29 is 22.7 Å². The van der Waals surface area contributed by atoms with Gasteiger partial charge >= 0.3 is 0 Å². The average molecular weight is 731 g/mol. The summed E-state index contributed by atoms with van der Waals surface area (Å²) in [4.78, 5) is 29.9. The number of anilines is 1. The van der Waals surface area contributed by atoms with E-state index in [0.29, 0.717) is 27.9 Å². The van der Waals surface area contributed by atoms with Gasteiger partial charge in [-0.2, -0.15) is 0 Å². The summed E-state index contributed by atoms with van der Waals surface area (Å²) in [7, 11) is -2.85. The van der Waals surface area contributed by atoms with E-state index in [-0.39, 0.29) is 34.5 Å². The number of sulfonamides is 1. The van der Waals surface area contributed by atoms with Crippen molar-refractivity contribution in [1.29, 1.82) is 0 Å². The van der Waals surface area contributed by atoms with E-state index >= 15 is 0 Å². The Bertz CT molecular complexity index is 1820. The number of carbonyl (C=O) groups excluding carboxylic acids is 2. The van der Waals surface area contributed by atoms with Crippen LogP contribution in [0.2, 0.25) is 15.1 Å². The van der Waals surface area contributed by atoms with E-state index in [9.17, 15) is 18.0 Å². The molecule has 0 saturated heterocycles. The van der Waals surface area contributed by atoms with Gasteiger partial charge in [0.15, 0.2) is 0 Å². The first-order valence-electron chi connectivity index (χ1n) is 15.4. The molecular weight excluding hydrogens is 693 g/mol. The Morgan fingerprint density at radius 1 is 0.896 bits per heavy atom. The van der Waals surface area contributed by atoms with E-state index in [4.69, 9.17) is 39.5 Å². The van der Waals surface area contributed by atoms with Crippen LogP contribution in [0.25, 0.3) is 0 Å². The van der Waals surface area contributed by atoms with Crippen LogP contribution in [-0.2, 0) is 32.6 Å². The van der Waals surface area contributed by atoms with Gasteiger partial charge in [-0.05, 0) is 66.9 Å². The molecule has 0 fully saturated rings. The second-order valence-electron chi connectivity index (χ2n) is 11.3. The third-order valence-electron chi connectivity index (χ3n) is 7.77. The molecular formula is C36H38Cl3N3O5S. The second kappa shape index (κ2) is 17.1. The normalized spacial score (nSPS) is 11.9. The largest absolute Gasteiger partial charge is 0.495 e. The molecule has 0 aromatic heterocycles. The number of benzene rings is 4. The van der Waals surface area contributed by atoms with Crippen LogP contribution in [0.5, 0.6) is 5.75 Å². The number of ether oxygens (including phenoxy) is 1. The highest BCUT2D eigenvalue weighted by atomic mass is 35.5. The predicted octanol–water partition coefficient (Wildman–Crippen LogP) is 7.72. The van der Waals surface area contributed by atoms with E-state index in [1.165, 1.54) is 42.3 Å². The molecule has 254 valence electrons. The Kier molecular flexibility index (Phi) is 13.2. The number of nitrogens with one attached hydrogen (secondary N) is 1. The van der Waals surface area contributed by atoms with Gasteiger partial charge in [-0.1, -0.05) is 102 Å². The van der Waals surface area contributed by atoms with Gasteiger partial charge in [-0.25, -0.2) is 8.42 Å². The fourth-order valence-electron chi connectivity index (χ4n) is 5.07. The number of hydrogen-bond donors (Lipinski definition) is 1. The third-order valence-corrected chi connectivity index (χ3v) is 10.4. The highest BCUT2D eigenvalue weighted by Gasteiger charge is 2.35. The number of aryl methyl sites for hydroxylation is 1. The Labute approximate surface area is 297 Å². The molecule has 0 unspecified atom stereocenters. The lowest BCUT2D eigenvalue weighted by Gasteiger charge is -2.34. The van der Waals surface area contributed by atoms with Crippen LogP contribution in [-0.4, -0.2) is 51.4 Å². The Balaban J connectivity index is 1.83. The van der Waals surface area contributed by atoms with Crippen molar-refractivity contribution >= 4 is 62.3 Å².